The molecule has 4 amide bonds. The Labute approximate surface area is 562 Å². The van der Waals surface area contributed by atoms with E-state index in [0.717, 1.165) is 55.4 Å². The number of hydrogen-bond donors (Lipinski definition) is 6. The van der Waals surface area contributed by atoms with Gasteiger partial charge in [0.25, 0.3) is 25.2 Å². The second-order valence-corrected chi connectivity index (χ2v) is 29.8. The summed E-state index contributed by atoms with van der Waals surface area (Å²) >= 11 is 0. The van der Waals surface area contributed by atoms with Crippen LogP contribution in [0.2, 0.25) is 0 Å². The van der Waals surface area contributed by atoms with Gasteiger partial charge in [-0.05, 0) is 100 Å². The summed E-state index contributed by atoms with van der Waals surface area (Å²) in [6.45, 7) is 17.4. The predicted molar refractivity (Wildman–Crippen MR) is 368 cm³/mol. The summed E-state index contributed by atoms with van der Waals surface area (Å²) in [7, 11) is 2.56. The third-order valence-corrected chi connectivity index (χ3v) is 20.1. The van der Waals surface area contributed by atoms with Crippen LogP contribution in [0.15, 0.2) is 98.0 Å². The Bertz CT molecular complexity index is 3880. The number of phosphoric ester groups is 1. The van der Waals surface area contributed by atoms with Gasteiger partial charge in [-0.3, -0.25) is 43.1 Å². The van der Waals surface area contributed by atoms with Crippen molar-refractivity contribution in [1.29, 1.82) is 0 Å². The average Bonchev–Trinajstić information content (AvgIpc) is 0.897. The number of phosphoric acid groups is 1. The molecule has 3 unspecified atom stereocenters. The van der Waals surface area contributed by atoms with E-state index in [4.69, 9.17) is 38.0 Å². The first-order valence-corrected chi connectivity index (χ1v) is 36.9. The van der Waals surface area contributed by atoms with Crippen LogP contribution in [0.1, 0.15) is 104 Å². The van der Waals surface area contributed by atoms with Crippen molar-refractivity contribution in [2.24, 2.45) is 4.99 Å². The zero-order valence-corrected chi connectivity index (χ0v) is 58.4. The second-order valence-electron chi connectivity index (χ2n) is 22.7. The fraction of sp³-hybridized carbons (Fsp3) is 0.462. The standard InChI is InChI=1S/C65H83N8O16PS4/c1-11-66-50-33-52-48(30-40(50)3)60(49-31-41(4)51(67-12-2)34-53(49)88-52)46-21-13-14-22-47(46)63(78)72(9)27-17-23-56(74)69-25-26-70-61(76)43-18-15-20-45(32-43)85-39-59(93-94-65(6,7)8)84-29-28-83-38-57(75)68-24-16-19-44-36-73(64(79)71-62(44)77)58-35-54(87-42(5)92-91-10)55(89-58)37-86-90(80,81)82/h13-15,18,20-22,30-34,36,42,54-55,58-59,66H,11-12,17,23-29,35,37-39H2,1-10H3,(H,68,75)(H,69,74)(H,70,76)(H,71,77,79)(H2,80,81,82)/p-1/t42-,54?,55-,58-,59?/m1/s1. The van der Waals surface area contributed by atoms with E-state index >= 15 is 0 Å². The van der Waals surface area contributed by atoms with Crippen LogP contribution in [0.25, 0.3) is 33.4 Å². The molecule has 508 valence electrons. The molecular formula is C65H82N8O16PS4-. The van der Waals surface area contributed by atoms with Crippen molar-refractivity contribution in [2.75, 3.05) is 90.9 Å². The van der Waals surface area contributed by atoms with Gasteiger partial charge in [0, 0.05) is 109 Å². The van der Waals surface area contributed by atoms with Crippen LogP contribution in [0.3, 0.4) is 0 Å². The Morgan fingerprint density at radius 3 is 2.49 bits per heavy atom. The SMILES string of the molecule is CCN=c1cc2oc3cc(NCC)c(C)cc3c(-c3ccccc3C(=O)N(C)CCCC(=O)NCCNC(=O)c3cccc(OCC(OCCOCC(=O)NCC#Cc4cn([C@H]5CC(O[C@@H](C)SSC)[C@@H](COP(=O)([O-])O)O5)c(=O)[nH]c4=O)SSC(C)(C)C)c3)c-2cc1C. The molecule has 7 rings (SSSR count). The number of hydrogen-bond acceptors (Lipinski definition) is 21. The summed E-state index contributed by atoms with van der Waals surface area (Å²) in [4.78, 5) is 108. The lowest BCUT2D eigenvalue weighted by atomic mass is 9.89. The first kappa shape index (κ1) is 74.8. The van der Waals surface area contributed by atoms with E-state index in [1.165, 1.54) is 38.6 Å². The van der Waals surface area contributed by atoms with Gasteiger partial charge in [0.15, 0.2) is 0 Å². The van der Waals surface area contributed by atoms with E-state index in [2.05, 4.69) is 82.4 Å². The number of amides is 4. The molecule has 6 N–H and O–H groups in total. The van der Waals surface area contributed by atoms with Crippen LogP contribution in [0.4, 0.5) is 5.69 Å². The number of fused-ring (bicyclic) bond motifs is 2. The summed E-state index contributed by atoms with van der Waals surface area (Å²) in [5, 5.41) is 13.5. The smallest absolute Gasteiger partial charge is 0.330 e. The quantitative estimate of drug-likeness (QED) is 0.00567. The summed E-state index contributed by atoms with van der Waals surface area (Å²) in [5.41, 5.74) is 4.56. The van der Waals surface area contributed by atoms with E-state index in [1.54, 1.807) is 53.9 Å². The number of nitrogens with one attached hydrogen (secondary N) is 5. The number of aryl methyl sites for hydroxylation is 2. The third kappa shape index (κ3) is 22.5. The molecule has 0 radical (unpaired) electrons. The lowest BCUT2D eigenvalue weighted by Crippen LogP contribution is -2.35. The zero-order chi connectivity index (χ0) is 68.1. The second kappa shape index (κ2) is 36.0. The molecule has 1 saturated heterocycles. The first-order chi connectivity index (χ1) is 44.8. The van der Waals surface area contributed by atoms with Gasteiger partial charge in [-0.25, -0.2) is 4.79 Å². The molecule has 6 atom stereocenters. The minimum atomic E-state index is -5.09. The van der Waals surface area contributed by atoms with Gasteiger partial charge in [0.1, 0.15) is 59.1 Å². The zero-order valence-electron chi connectivity index (χ0n) is 54.3. The van der Waals surface area contributed by atoms with Crippen molar-refractivity contribution in [2.45, 2.75) is 109 Å². The molecule has 3 aromatic carbocycles. The van der Waals surface area contributed by atoms with Crippen LogP contribution in [-0.2, 0) is 37.6 Å². The molecule has 1 aromatic heterocycles. The number of anilines is 1. The molecule has 3 aliphatic rings. The van der Waals surface area contributed by atoms with Crippen molar-refractivity contribution in [3.05, 3.63) is 133 Å². The molecule has 29 heteroatoms. The molecule has 24 nitrogen and oxygen atoms in total. The number of carbonyl (C=O) groups is 4. The number of benzene rings is 4. The molecule has 1 fully saturated rings. The number of carbonyl (C=O) groups excluding carboxylic acids is 4. The predicted octanol–water partition coefficient (Wildman–Crippen LogP) is 8.02. The molecule has 3 heterocycles. The highest BCUT2D eigenvalue weighted by Crippen LogP contribution is 2.44. The van der Waals surface area contributed by atoms with E-state index in [9.17, 15) is 38.2 Å². The number of aromatic amines is 1. The number of rotatable bonds is 33. The third-order valence-electron chi connectivity index (χ3n) is 14.2. The largest absolute Gasteiger partial charge is 0.756 e. The molecule has 4 aromatic rings. The molecule has 1 aliphatic carbocycles. The minimum Gasteiger partial charge on any atom is -0.756 e. The Hall–Kier alpha value is -6.58. The average molecular weight is 1390 g/mol. The summed E-state index contributed by atoms with van der Waals surface area (Å²) in [5.74, 6) is 5.17. The molecule has 2 aliphatic heterocycles. The summed E-state index contributed by atoms with van der Waals surface area (Å²) < 4.78 is 53.1. The fourth-order valence-corrected chi connectivity index (χ4v) is 13.8. The number of nitrogens with zero attached hydrogens (tertiary/aromatic N) is 3. The normalized spacial score (nSPS) is 16.2. The van der Waals surface area contributed by atoms with Crippen molar-refractivity contribution in [1.82, 2.24) is 30.4 Å². The topological polar surface area (TPSA) is 316 Å². The van der Waals surface area contributed by atoms with Crippen LogP contribution < -0.4 is 47.5 Å². The first-order valence-electron chi connectivity index (χ1n) is 30.6. The van der Waals surface area contributed by atoms with Crippen LogP contribution in [0.5, 0.6) is 5.75 Å². The Kier molecular flexibility index (Phi) is 28.6. The highest BCUT2D eigenvalue weighted by molar-refractivity contribution is 8.77. The van der Waals surface area contributed by atoms with Gasteiger partial charge in [-0.2, -0.15) is 0 Å². The van der Waals surface area contributed by atoms with Crippen molar-refractivity contribution < 1.29 is 66.2 Å². The van der Waals surface area contributed by atoms with Crippen LogP contribution in [0, 0.1) is 25.7 Å². The number of H-pyrrole nitrogens is 1. The van der Waals surface area contributed by atoms with Gasteiger partial charge in [-0.1, -0.05) is 100 Å². The van der Waals surface area contributed by atoms with Gasteiger partial charge in [-0.15, -0.1) is 0 Å². The van der Waals surface area contributed by atoms with Crippen LogP contribution in [-0.4, -0.2) is 156 Å². The number of ether oxygens (including phenoxy) is 5. The van der Waals surface area contributed by atoms with Crippen molar-refractivity contribution in [3.8, 4) is 40.0 Å². The molecule has 0 spiro atoms. The lowest BCUT2D eigenvalue weighted by Gasteiger charge is -2.24. The van der Waals surface area contributed by atoms with Crippen molar-refractivity contribution in [3.63, 3.8) is 0 Å². The van der Waals surface area contributed by atoms with E-state index < -0.39 is 55.5 Å². The van der Waals surface area contributed by atoms with Gasteiger partial charge >= 0.3 is 5.69 Å². The fourth-order valence-electron chi connectivity index (χ4n) is 9.89. The maximum absolute atomic E-state index is 14.3. The van der Waals surface area contributed by atoms with E-state index in [1.807, 2.05) is 63.4 Å². The number of aromatic nitrogens is 2. The molecule has 94 heavy (non-hydrogen) atoms. The maximum Gasteiger partial charge on any atom is 0.330 e. The highest BCUT2D eigenvalue weighted by atomic mass is 33.1. The monoisotopic (exact) mass is 1390 g/mol. The van der Waals surface area contributed by atoms with E-state index in [0.29, 0.717) is 47.7 Å². The molecular weight excluding hydrogens is 1310 g/mol. The van der Waals surface area contributed by atoms with E-state index in [-0.39, 0.29) is 92.4 Å². The van der Waals surface area contributed by atoms with Gasteiger partial charge in [0.2, 0.25) is 11.8 Å². The minimum absolute atomic E-state index is 0.0601. The lowest BCUT2D eigenvalue weighted by molar-refractivity contribution is -0.223. The Morgan fingerprint density at radius 1 is 0.968 bits per heavy atom. The van der Waals surface area contributed by atoms with Gasteiger partial charge < -0.3 is 68.6 Å². The molecule has 0 saturated carbocycles. The summed E-state index contributed by atoms with van der Waals surface area (Å²) in [6.07, 6.45) is 0.961. The summed E-state index contributed by atoms with van der Waals surface area (Å²) in [6, 6.07) is 22.4. The van der Waals surface area contributed by atoms with Crippen molar-refractivity contribution >= 4 is 91.3 Å². The van der Waals surface area contributed by atoms with Crippen LogP contribution >= 0.6 is 51.0 Å². The Balaban J connectivity index is 0.829. The maximum atomic E-state index is 14.3. The molecule has 0 bridgehead atoms. The van der Waals surface area contributed by atoms with Gasteiger partial charge in [0.05, 0.1) is 37.8 Å². The Morgan fingerprint density at radius 2 is 1.74 bits per heavy atom. The highest BCUT2D eigenvalue weighted by Gasteiger charge is 2.39.